The van der Waals surface area contributed by atoms with Gasteiger partial charge in [0.2, 0.25) is 11.8 Å². The highest BCUT2D eigenvalue weighted by Gasteiger charge is 2.42. The third kappa shape index (κ3) is 6.66. The van der Waals surface area contributed by atoms with Crippen molar-refractivity contribution in [3.63, 3.8) is 0 Å². The van der Waals surface area contributed by atoms with Gasteiger partial charge in [0.1, 0.15) is 12.1 Å². The van der Waals surface area contributed by atoms with E-state index in [1.165, 1.54) is 12.1 Å². The zero-order valence-corrected chi connectivity index (χ0v) is 21.3. The highest BCUT2D eigenvalue weighted by molar-refractivity contribution is 14.0. The monoisotopic (exact) mass is 557 g/mol. The fraction of sp³-hybridized carbons (Fsp3) is 0.522. The van der Waals surface area contributed by atoms with Crippen LogP contribution in [-0.4, -0.2) is 55.5 Å². The van der Waals surface area contributed by atoms with Crippen LogP contribution in [0.5, 0.6) is 0 Å². The van der Waals surface area contributed by atoms with Gasteiger partial charge in [-0.1, -0.05) is 12.8 Å². The lowest BCUT2D eigenvalue weighted by Crippen LogP contribution is -2.43. The summed E-state index contributed by atoms with van der Waals surface area (Å²) in [4.78, 5) is 23.6. The second kappa shape index (κ2) is 12.2. The molecule has 0 bridgehead atoms. The topological polar surface area (TPSA) is 82.8 Å². The number of oxazole rings is 1. The first-order chi connectivity index (χ1) is 14.9. The van der Waals surface area contributed by atoms with Crippen molar-refractivity contribution >= 4 is 35.8 Å². The fourth-order valence-electron chi connectivity index (χ4n) is 3.99. The average Bonchev–Trinajstić information content (AvgIpc) is 3.42. The molecule has 3 rings (SSSR count). The Morgan fingerprint density at radius 2 is 1.91 bits per heavy atom. The van der Waals surface area contributed by atoms with Gasteiger partial charge in [0, 0.05) is 39.2 Å². The van der Waals surface area contributed by atoms with E-state index in [4.69, 9.17) is 9.41 Å². The number of hydrogen-bond donors (Lipinski definition) is 2. The molecule has 0 unspecified atom stereocenters. The Labute approximate surface area is 206 Å². The minimum absolute atomic E-state index is 0. The largest absolute Gasteiger partial charge is 0.444 e. The number of amides is 1. The molecule has 1 amide bonds. The van der Waals surface area contributed by atoms with Gasteiger partial charge in [-0.15, -0.1) is 24.0 Å². The molecule has 32 heavy (non-hydrogen) atoms. The summed E-state index contributed by atoms with van der Waals surface area (Å²) in [6.45, 7) is 3.85. The van der Waals surface area contributed by atoms with Crippen LogP contribution >= 0.6 is 24.0 Å². The summed E-state index contributed by atoms with van der Waals surface area (Å²) in [7, 11) is 3.63. The summed E-state index contributed by atoms with van der Waals surface area (Å²) >= 11 is 0. The highest BCUT2D eigenvalue weighted by Crippen LogP contribution is 2.39. The second-order valence-corrected chi connectivity index (χ2v) is 8.21. The van der Waals surface area contributed by atoms with Crippen molar-refractivity contribution in [2.75, 3.05) is 33.7 Å². The molecule has 2 aromatic rings. The molecular formula is C23H33FIN5O2. The molecule has 176 valence electrons. The molecule has 0 radical (unpaired) electrons. The van der Waals surface area contributed by atoms with E-state index in [-0.39, 0.29) is 41.1 Å². The summed E-state index contributed by atoms with van der Waals surface area (Å²) in [5.74, 6) is 1.05. The van der Waals surface area contributed by atoms with Crippen LogP contribution in [0.25, 0.3) is 11.5 Å². The molecule has 7 nitrogen and oxygen atoms in total. The van der Waals surface area contributed by atoms with Gasteiger partial charge in [0.15, 0.2) is 5.96 Å². The number of nitrogens with one attached hydrogen (secondary N) is 2. The number of carbonyl (C=O) groups is 1. The van der Waals surface area contributed by atoms with Crippen molar-refractivity contribution in [1.29, 1.82) is 0 Å². The summed E-state index contributed by atoms with van der Waals surface area (Å²) < 4.78 is 18.6. The Balaban J connectivity index is 0.00000363. The van der Waals surface area contributed by atoms with Crippen LogP contribution in [-0.2, 0) is 11.2 Å². The number of hydrogen-bond acceptors (Lipinski definition) is 4. The lowest BCUT2D eigenvalue weighted by molar-refractivity contribution is -0.138. The predicted molar refractivity (Wildman–Crippen MR) is 135 cm³/mol. The molecule has 1 saturated carbocycles. The average molecular weight is 557 g/mol. The SMILES string of the molecule is CCNC(=NCC1(C(=O)N(C)C)CCCC1)NCCc1coc(-c2ccc(F)cc2)n1.I. The molecule has 0 atom stereocenters. The van der Waals surface area contributed by atoms with Crippen LogP contribution < -0.4 is 10.6 Å². The number of aliphatic imine (C=N–C) groups is 1. The van der Waals surface area contributed by atoms with Crippen LogP contribution in [0.1, 0.15) is 38.3 Å². The molecule has 1 fully saturated rings. The number of aromatic nitrogens is 1. The number of halogens is 2. The minimum Gasteiger partial charge on any atom is -0.444 e. The van der Waals surface area contributed by atoms with E-state index in [2.05, 4.69) is 15.6 Å². The van der Waals surface area contributed by atoms with Crippen molar-refractivity contribution in [2.45, 2.75) is 39.0 Å². The van der Waals surface area contributed by atoms with Gasteiger partial charge in [0.25, 0.3) is 0 Å². The summed E-state index contributed by atoms with van der Waals surface area (Å²) in [6.07, 6.45) is 6.18. The normalized spacial score (nSPS) is 15.2. The molecule has 1 aromatic carbocycles. The van der Waals surface area contributed by atoms with E-state index in [0.29, 0.717) is 31.4 Å². The first kappa shape index (κ1) is 26.1. The summed E-state index contributed by atoms with van der Waals surface area (Å²) in [5, 5.41) is 6.57. The van der Waals surface area contributed by atoms with Crippen molar-refractivity contribution in [1.82, 2.24) is 20.5 Å². The van der Waals surface area contributed by atoms with Gasteiger partial charge >= 0.3 is 0 Å². The molecule has 1 aliphatic carbocycles. The van der Waals surface area contributed by atoms with Gasteiger partial charge < -0.3 is 20.0 Å². The molecule has 2 N–H and O–H groups in total. The first-order valence-corrected chi connectivity index (χ1v) is 10.9. The Morgan fingerprint density at radius 3 is 2.53 bits per heavy atom. The minimum atomic E-state index is -0.387. The fourth-order valence-corrected chi connectivity index (χ4v) is 3.99. The molecular weight excluding hydrogens is 524 g/mol. The maximum absolute atomic E-state index is 13.1. The number of nitrogens with zero attached hydrogens (tertiary/aromatic N) is 3. The molecule has 9 heteroatoms. The Morgan fingerprint density at radius 1 is 1.22 bits per heavy atom. The second-order valence-electron chi connectivity index (χ2n) is 8.21. The lowest BCUT2D eigenvalue weighted by atomic mass is 9.85. The molecule has 1 aromatic heterocycles. The summed E-state index contributed by atoms with van der Waals surface area (Å²) in [6, 6.07) is 6.07. The Hall–Kier alpha value is -2.17. The van der Waals surface area contributed by atoms with Crippen molar-refractivity contribution in [3.05, 3.63) is 42.0 Å². The zero-order valence-electron chi connectivity index (χ0n) is 19.0. The maximum atomic E-state index is 13.1. The van der Waals surface area contributed by atoms with Gasteiger partial charge in [-0.2, -0.15) is 0 Å². The maximum Gasteiger partial charge on any atom is 0.230 e. The van der Waals surface area contributed by atoms with Gasteiger partial charge in [0.05, 0.1) is 17.7 Å². The number of rotatable bonds is 8. The smallest absolute Gasteiger partial charge is 0.230 e. The summed E-state index contributed by atoms with van der Waals surface area (Å²) in [5.41, 5.74) is 1.16. The van der Waals surface area contributed by atoms with Crippen molar-refractivity contribution in [2.24, 2.45) is 10.4 Å². The first-order valence-electron chi connectivity index (χ1n) is 10.9. The molecule has 0 spiro atoms. The van der Waals surface area contributed by atoms with Crippen LogP contribution in [0, 0.1) is 11.2 Å². The molecule has 1 aliphatic rings. The third-order valence-corrected chi connectivity index (χ3v) is 5.62. The van der Waals surface area contributed by atoms with Crippen molar-refractivity contribution in [3.8, 4) is 11.5 Å². The van der Waals surface area contributed by atoms with Gasteiger partial charge in [-0.05, 0) is 44.0 Å². The predicted octanol–water partition coefficient (Wildman–Crippen LogP) is 3.84. The zero-order chi connectivity index (χ0) is 22.3. The molecule has 0 aliphatic heterocycles. The molecule has 1 heterocycles. The standard InChI is InChI=1S/C23H32FN5O2.HI/c1-4-25-22(27-16-23(12-5-6-13-23)21(30)29(2)3)26-14-11-19-15-31-20(28-19)17-7-9-18(24)10-8-17;/h7-10,15H,4-6,11-14,16H2,1-3H3,(H2,25,26,27);1H. The quantitative estimate of drug-likeness (QED) is 0.293. The van der Waals surface area contributed by atoms with E-state index in [0.717, 1.165) is 43.5 Å². The lowest BCUT2D eigenvalue weighted by Gasteiger charge is -2.29. The number of guanidine groups is 1. The van der Waals surface area contributed by atoms with Crippen LogP contribution in [0.4, 0.5) is 4.39 Å². The Kier molecular flexibility index (Phi) is 9.92. The van der Waals surface area contributed by atoms with Crippen LogP contribution in [0.3, 0.4) is 0 Å². The number of carbonyl (C=O) groups excluding carboxylic acids is 1. The van der Waals surface area contributed by atoms with Crippen LogP contribution in [0.2, 0.25) is 0 Å². The Bertz CT molecular complexity index is 892. The third-order valence-electron chi connectivity index (χ3n) is 5.62. The van der Waals surface area contributed by atoms with Gasteiger partial charge in [-0.3, -0.25) is 9.79 Å². The highest BCUT2D eigenvalue weighted by atomic mass is 127. The van der Waals surface area contributed by atoms with E-state index in [1.807, 2.05) is 21.0 Å². The van der Waals surface area contributed by atoms with E-state index < -0.39 is 0 Å². The molecule has 0 saturated heterocycles. The van der Waals surface area contributed by atoms with Crippen LogP contribution in [0.15, 0.2) is 39.9 Å². The van der Waals surface area contributed by atoms with E-state index in [1.54, 1.807) is 23.3 Å². The van der Waals surface area contributed by atoms with Crippen molar-refractivity contribution < 1.29 is 13.6 Å². The van der Waals surface area contributed by atoms with Gasteiger partial charge in [-0.25, -0.2) is 9.37 Å². The van der Waals surface area contributed by atoms with E-state index >= 15 is 0 Å². The van der Waals surface area contributed by atoms with E-state index in [9.17, 15) is 9.18 Å². The number of benzene rings is 1.